The van der Waals surface area contributed by atoms with Gasteiger partial charge in [-0.05, 0) is 52.9 Å². The molecule has 0 spiro atoms. The van der Waals surface area contributed by atoms with Crippen molar-refractivity contribution in [3.8, 4) is 17.2 Å². The molecule has 0 fully saturated rings. The van der Waals surface area contributed by atoms with Crippen LogP contribution in [0.4, 0.5) is 0 Å². The van der Waals surface area contributed by atoms with Gasteiger partial charge in [0.15, 0.2) is 0 Å². The third kappa shape index (κ3) is 4.27. The minimum absolute atomic E-state index is 0.566. The number of rotatable bonds is 7. The number of ether oxygens (including phenoxy) is 2. The molecule has 0 saturated carbocycles. The van der Waals surface area contributed by atoms with E-state index in [-0.39, 0.29) is 0 Å². The highest BCUT2D eigenvalue weighted by molar-refractivity contribution is 9.10. The van der Waals surface area contributed by atoms with Crippen molar-refractivity contribution in [2.45, 2.75) is 5.16 Å². The quantitative estimate of drug-likeness (QED) is 0.441. The van der Waals surface area contributed by atoms with Gasteiger partial charge in [-0.3, -0.25) is 0 Å². The van der Waals surface area contributed by atoms with Gasteiger partial charge in [0.1, 0.15) is 11.5 Å². The SMILES string of the molecule is COc1ccc(-n2nnnc2SCCOc2cccc(Br)c2)cc1. The van der Waals surface area contributed by atoms with Crippen LogP contribution in [-0.2, 0) is 0 Å². The monoisotopic (exact) mass is 406 g/mol. The van der Waals surface area contributed by atoms with E-state index in [2.05, 4.69) is 31.5 Å². The highest BCUT2D eigenvalue weighted by atomic mass is 79.9. The van der Waals surface area contributed by atoms with Gasteiger partial charge < -0.3 is 9.47 Å². The lowest BCUT2D eigenvalue weighted by molar-refractivity contribution is 0.343. The molecule has 0 saturated heterocycles. The fraction of sp³-hybridized carbons (Fsp3) is 0.188. The summed E-state index contributed by atoms with van der Waals surface area (Å²) in [7, 11) is 1.64. The van der Waals surface area contributed by atoms with Crippen molar-refractivity contribution >= 4 is 27.7 Å². The Hall–Kier alpha value is -2.06. The molecule has 0 N–H and O–H groups in total. The number of benzene rings is 2. The number of halogens is 1. The van der Waals surface area contributed by atoms with Crippen LogP contribution >= 0.6 is 27.7 Å². The van der Waals surface area contributed by atoms with Gasteiger partial charge in [-0.1, -0.05) is 33.8 Å². The smallest absolute Gasteiger partial charge is 0.214 e. The molecule has 1 aromatic heterocycles. The number of thioether (sulfide) groups is 1. The first kappa shape index (κ1) is 16.8. The van der Waals surface area contributed by atoms with E-state index in [1.807, 2.05) is 48.5 Å². The van der Waals surface area contributed by atoms with Crippen LogP contribution in [0.5, 0.6) is 11.5 Å². The largest absolute Gasteiger partial charge is 0.497 e. The molecule has 0 aliphatic carbocycles. The normalized spacial score (nSPS) is 10.6. The number of nitrogens with zero attached hydrogens (tertiary/aromatic N) is 4. The molecule has 3 aromatic rings. The average Bonchev–Trinajstić information content (AvgIpc) is 3.07. The maximum atomic E-state index is 5.72. The first-order valence-electron chi connectivity index (χ1n) is 7.20. The van der Waals surface area contributed by atoms with E-state index in [0.717, 1.165) is 32.6 Å². The molecule has 0 unspecified atom stereocenters. The molecular formula is C16H15BrN4O2S. The Kier molecular flexibility index (Phi) is 5.71. The van der Waals surface area contributed by atoms with Crippen LogP contribution in [-0.4, -0.2) is 39.7 Å². The Labute approximate surface area is 152 Å². The zero-order chi connectivity index (χ0) is 16.8. The molecule has 2 aromatic carbocycles. The fourth-order valence-electron chi connectivity index (χ4n) is 2.00. The number of hydrogen-bond donors (Lipinski definition) is 0. The summed E-state index contributed by atoms with van der Waals surface area (Å²) in [5.74, 6) is 2.37. The first-order valence-corrected chi connectivity index (χ1v) is 8.98. The van der Waals surface area contributed by atoms with E-state index in [1.165, 1.54) is 0 Å². The molecule has 3 rings (SSSR count). The predicted molar refractivity (Wildman–Crippen MR) is 96.1 cm³/mol. The second-order valence-corrected chi connectivity index (χ2v) is 6.70. The molecular weight excluding hydrogens is 392 g/mol. The summed E-state index contributed by atoms with van der Waals surface area (Å²) in [6, 6.07) is 15.3. The van der Waals surface area contributed by atoms with E-state index in [0.29, 0.717) is 6.61 Å². The lowest BCUT2D eigenvalue weighted by atomic mass is 10.3. The topological polar surface area (TPSA) is 62.1 Å². The maximum absolute atomic E-state index is 5.72. The molecule has 124 valence electrons. The average molecular weight is 407 g/mol. The molecule has 0 radical (unpaired) electrons. The van der Waals surface area contributed by atoms with Crippen molar-refractivity contribution < 1.29 is 9.47 Å². The lowest BCUT2D eigenvalue weighted by Crippen LogP contribution is -2.03. The van der Waals surface area contributed by atoms with Gasteiger partial charge in [0.25, 0.3) is 0 Å². The molecule has 0 aliphatic heterocycles. The minimum atomic E-state index is 0.566. The fourth-order valence-corrected chi connectivity index (χ4v) is 3.09. The van der Waals surface area contributed by atoms with Crippen LogP contribution in [0.1, 0.15) is 0 Å². The van der Waals surface area contributed by atoms with Gasteiger partial charge in [-0.25, -0.2) is 0 Å². The van der Waals surface area contributed by atoms with Crippen LogP contribution in [0, 0.1) is 0 Å². The first-order chi connectivity index (χ1) is 11.8. The van der Waals surface area contributed by atoms with Crippen LogP contribution in [0.2, 0.25) is 0 Å². The summed E-state index contributed by atoms with van der Waals surface area (Å²) in [5.41, 5.74) is 0.885. The van der Waals surface area contributed by atoms with E-state index >= 15 is 0 Å². The molecule has 0 amide bonds. The van der Waals surface area contributed by atoms with Gasteiger partial charge in [0, 0.05) is 10.2 Å². The third-order valence-electron chi connectivity index (χ3n) is 3.14. The van der Waals surface area contributed by atoms with Gasteiger partial charge >= 0.3 is 0 Å². The highest BCUT2D eigenvalue weighted by Crippen LogP contribution is 2.21. The second-order valence-electron chi connectivity index (χ2n) is 4.73. The molecule has 1 heterocycles. The van der Waals surface area contributed by atoms with Crippen molar-refractivity contribution in [2.75, 3.05) is 19.5 Å². The number of tetrazole rings is 1. The number of methoxy groups -OCH3 is 1. The van der Waals surface area contributed by atoms with Crippen molar-refractivity contribution in [2.24, 2.45) is 0 Å². The molecule has 0 aliphatic rings. The summed E-state index contributed by atoms with van der Waals surface area (Å²) in [4.78, 5) is 0. The Morgan fingerprint density at radius 2 is 1.96 bits per heavy atom. The summed E-state index contributed by atoms with van der Waals surface area (Å²) in [6.07, 6.45) is 0. The molecule has 8 heteroatoms. The molecule has 0 bridgehead atoms. The van der Waals surface area contributed by atoms with Crippen LogP contribution in [0.25, 0.3) is 5.69 Å². The van der Waals surface area contributed by atoms with Crippen molar-refractivity contribution in [1.82, 2.24) is 20.2 Å². The molecule has 24 heavy (non-hydrogen) atoms. The van der Waals surface area contributed by atoms with Gasteiger partial charge in [0.2, 0.25) is 5.16 Å². The molecule has 6 nitrogen and oxygen atoms in total. The van der Waals surface area contributed by atoms with Crippen molar-refractivity contribution in [3.63, 3.8) is 0 Å². The van der Waals surface area contributed by atoms with Gasteiger partial charge in [-0.2, -0.15) is 4.68 Å². The zero-order valence-electron chi connectivity index (χ0n) is 12.9. The van der Waals surface area contributed by atoms with Crippen LogP contribution in [0.3, 0.4) is 0 Å². The standard InChI is InChI=1S/C16H15BrN4O2S/c1-22-14-7-5-13(6-8-14)21-16(18-19-20-21)24-10-9-23-15-4-2-3-12(17)11-15/h2-8,11H,9-10H2,1H3. The van der Waals surface area contributed by atoms with Crippen molar-refractivity contribution in [1.29, 1.82) is 0 Å². The summed E-state index contributed by atoms with van der Waals surface area (Å²) >= 11 is 4.97. The minimum Gasteiger partial charge on any atom is -0.497 e. The summed E-state index contributed by atoms with van der Waals surface area (Å²) in [5, 5.41) is 12.6. The summed E-state index contributed by atoms with van der Waals surface area (Å²) in [6.45, 7) is 0.566. The number of hydrogen-bond acceptors (Lipinski definition) is 6. The number of aromatic nitrogens is 4. The Bertz CT molecular complexity index is 795. The van der Waals surface area contributed by atoms with E-state index in [9.17, 15) is 0 Å². The summed E-state index contributed by atoms with van der Waals surface area (Å²) < 4.78 is 13.6. The van der Waals surface area contributed by atoms with Gasteiger partial charge in [0.05, 0.1) is 19.4 Å². The van der Waals surface area contributed by atoms with E-state index in [1.54, 1.807) is 23.6 Å². The van der Waals surface area contributed by atoms with Crippen molar-refractivity contribution in [3.05, 3.63) is 53.0 Å². The second kappa shape index (κ2) is 8.16. The highest BCUT2D eigenvalue weighted by Gasteiger charge is 2.09. The Morgan fingerprint density at radius 3 is 2.71 bits per heavy atom. The van der Waals surface area contributed by atoms with Crippen LogP contribution < -0.4 is 9.47 Å². The third-order valence-corrected chi connectivity index (χ3v) is 4.51. The Morgan fingerprint density at radius 1 is 1.12 bits per heavy atom. The molecule has 0 atom stereocenters. The predicted octanol–water partition coefficient (Wildman–Crippen LogP) is 3.60. The lowest BCUT2D eigenvalue weighted by Gasteiger charge is -2.07. The van der Waals surface area contributed by atoms with E-state index in [4.69, 9.17) is 9.47 Å². The maximum Gasteiger partial charge on any atom is 0.214 e. The Balaban J connectivity index is 1.57. The van der Waals surface area contributed by atoms with Crippen LogP contribution in [0.15, 0.2) is 58.2 Å². The zero-order valence-corrected chi connectivity index (χ0v) is 15.3. The van der Waals surface area contributed by atoms with E-state index < -0.39 is 0 Å². The van der Waals surface area contributed by atoms with Gasteiger partial charge in [-0.15, -0.1) is 5.10 Å².